The van der Waals surface area contributed by atoms with E-state index in [0.717, 1.165) is 21.8 Å². The van der Waals surface area contributed by atoms with Gasteiger partial charge in [0.25, 0.3) is 11.8 Å². The van der Waals surface area contributed by atoms with E-state index in [1.807, 2.05) is 28.3 Å². The standard InChI is InChI=1S/C23H21ClN8O7S2/c1-9(21(35)36)39-29-13(12-16(24)41-23(25)28-12)18(33)27-14-19(34)32-15(22(37)38)10(7-40-20(14)32)6-31-5-3-4-11-17(31)26-8-30(11)2/h3-5,8-9,14,20H,6-7H2,1-2H3,(H4-,25,27,28,33,35,36,37,38)/p+1/b29-13-/t9-,14?,20?/m0/s1. The minimum Gasteiger partial charge on any atom is -0.478 e. The number of carboxylic acids is 2. The lowest BCUT2D eigenvalue weighted by molar-refractivity contribution is -0.664. The Morgan fingerprint density at radius 2 is 2.15 bits per heavy atom. The maximum Gasteiger partial charge on any atom is 0.352 e. The number of fused-ring (bicyclic) bond motifs is 2. The van der Waals surface area contributed by atoms with Gasteiger partial charge in [0, 0.05) is 18.4 Å². The number of nitrogen functional groups attached to an aromatic ring is 1. The number of oxime groups is 1. The first kappa shape index (κ1) is 28.3. The number of nitrogens with zero attached hydrogens (tertiary/aromatic N) is 6. The largest absolute Gasteiger partial charge is 0.478 e. The van der Waals surface area contributed by atoms with Crippen molar-refractivity contribution in [2.75, 3.05) is 11.5 Å². The molecule has 2 unspecified atom stereocenters. The lowest BCUT2D eigenvalue weighted by Gasteiger charge is -2.49. The number of thioether (sulfide) groups is 1. The molecular weight excluding hydrogens is 600 g/mol. The van der Waals surface area contributed by atoms with E-state index in [1.54, 1.807) is 12.5 Å². The molecule has 0 radical (unpaired) electrons. The smallest absolute Gasteiger partial charge is 0.352 e. The Bertz CT molecular complexity index is 1670. The minimum absolute atomic E-state index is 0.00209. The normalized spacial score (nSPS) is 19.5. The quantitative estimate of drug-likeness (QED) is 0.110. The van der Waals surface area contributed by atoms with Crippen LogP contribution in [-0.4, -0.2) is 82.4 Å². The molecule has 0 aromatic carbocycles. The van der Waals surface area contributed by atoms with Crippen LogP contribution in [0.25, 0.3) is 11.2 Å². The summed E-state index contributed by atoms with van der Waals surface area (Å²) in [6.07, 6.45) is 2.03. The van der Waals surface area contributed by atoms with Crippen LogP contribution in [0.4, 0.5) is 5.13 Å². The molecule has 5 N–H and O–H groups in total. The van der Waals surface area contributed by atoms with Gasteiger partial charge in [-0.3, -0.25) is 14.5 Å². The van der Waals surface area contributed by atoms with Crippen molar-refractivity contribution in [2.45, 2.75) is 31.0 Å². The molecule has 2 amide bonds. The van der Waals surface area contributed by atoms with E-state index in [1.165, 1.54) is 18.7 Å². The number of hydrogen-bond acceptors (Lipinski definition) is 11. The van der Waals surface area contributed by atoms with Crippen molar-refractivity contribution >= 4 is 80.5 Å². The average Bonchev–Trinajstić information content (AvgIpc) is 3.47. The molecular formula is C23H22ClN8O7S2+. The highest BCUT2D eigenvalue weighted by Crippen LogP contribution is 2.40. The number of β-lactam (4-membered cyclic amide) rings is 1. The summed E-state index contributed by atoms with van der Waals surface area (Å²) >= 11 is 8.29. The number of nitrogens with one attached hydrogen (secondary N) is 1. The highest BCUT2D eigenvalue weighted by Gasteiger charge is 2.54. The number of carboxylic acid groups (broad SMARTS) is 2. The third-order valence-electron chi connectivity index (χ3n) is 6.34. The number of pyridine rings is 1. The summed E-state index contributed by atoms with van der Waals surface area (Å²) in [5, 5.41) is 24.6. The zero-order chi connectivity index (χ0) is 29.6. The lowest BCUT2D eigenvalue weighted by atomic mass is 10.0. The van der Waals surface area contributed by atoms with E-state index in [2.05, 4.69) is 20.4 Å². The van der Waals surface area contributed by atoms with Gasteiger partial charge in [-0.1, -0.05) is 28.1 Å². The molecule has 1 saturated heterocycles. The first-order valence-corrected chi connectivity index (χ1v) is 14.1. The molecule has 18 heteroatoms. The monoisotopic (exact) mass is 621 g/mol. The lowest BCUT2D eigenvalue weighted by Crippen LogP contribution is -2.71. The summed E-state index contributed by atoms with van der Waals surface area (Å²) < 4.78 is 3.65. The number of aromatic nitrogens is 4. The molecule has 5 rings (SSSR count). The molecule has 41 heavy (non-hydrogen) atoms. The first-order chi connectivity index (χ1) is 19.5. The number of aliphatic carboxylic acids is 2. The molecule has 5 heterocycles. The molecule has 3 aromatic rings. The SMILES string of the molecule is C[C@H](O/N=C(\C(=O)NC1C(=O)N2C(C(=O)O)=C(C[n+]3cccc4c3ncn4C)CSC12)c1nc(N)sc1Cl)C(=O)O. The Morgan fingerprint density at radius 1 is 1.39 bits per heavy atom. The molecule has 2 aliphatic heterocycles. The van der Waals surface area contributed by atoms with Gasteiger partial charge in [0.05, 0.1) is 6.20 Å². The fraction of sp³-hybridized carbons (Fsp3) is 0.304. The first-order valence-electron chi connectivity index (χ1n) is 11.9. The zero-order valence-electron chi connectivity index (χ0n) is 21.3. The number of amides is 2. The van der Waals surface area contributed by atoms with E-state index in [0.29, 0.717) is 11.2 Å². The van der Waals surface area contributed by atoms with E-state index in [-0.39, 0.29) is 33.2 Å². The number of anilines is 1. The van der Waals surface area contributed by atoms with Crippen molar-refractivity contribution in [2.24, 2.45) is 12.2 Å². The van der Waals surface area contributed by atoms with Crippen LogP contribution < -0.4 is 15.6 Å². The summed E-state index contributed by atoms with van der Waals surface area (Å²) in [6.45, 7) is 1.39. The molecule has 3 aromatic heterocycles. The summed E-state index contributed by atoms with van der Waals surface area (Å²) in [5.74, 6) is -3.91. The van der Waals surface area contributed by atoms with Crippen LogP contribution in [0.5, 0.6) is 0 Å². The predicted octanol–water partition coefficient (Wildman–Crippen LogP) is 0.186. The number of aryl methyl sites for hydroxylation is 1. The minimum atomic E-state index is -1.40. The second-order valence-corrected chi connectivity index (χ2v) is 11.8. The number of halogens is 1. The Labute approximate surface area is 244 Å². The second kappa shape index (κ2) is 11.0. The number of rotatable bonds is 9. The molecule has 0 bridgehead atoms. The van der Waals surface area contributed by atoms with Gasteiger partial charge in [-0.2, -0.15) is 0 Å². The molecule has 1 fully saturated rings. The van der Waals surface area contributed by atoms with Crippen molar-refractivity contribution in [3.8, 4) is 0 Å². The van der Waals surface area contributed by atoms with E-state index in [4.69, 9.17) is 27.3 Å². The fourth-order valence-corrected chi connectivity index (χ4v) is 6.59. The molecule has 0 saturated carbocycles. The third kappa shape index (κ3) is 5.18. The van der Waals surface area contributed by atoms with Gasteiger partial charge in [-0.15, -0.1) is 11.8 Å². The third-order valence-corrected chi connectivity index (χ3v) is 8.77. The van der Waals surface area contributed by atoms with Crippen molar-refractivity contribution in [1.29, 1.82) is 0 Å². The molecule has 3 atom stereocenters. The average molecular weight is 622 g/mol. The highest BCUT2D eigenvalue weighted by atomic mass is 35.5. The maximum absolute atomic E-state index is 13.2. The van der Waals surface area contributed by atoms with Crippen molar-refractivity contribution < 1.29 is 38.8 Å². The molecule has 0 aliphatic carbocycles. The number of thiazole rings is 1. The maximum atomic E-state index is 13.2. The molecule has 2 aliphatic rings. The van der Waals surface area contributed by atoms with Crippen LogP contribution in [0, 0.1) is 0 Å². The number of carbonyl (C=O) groups excluding carboxylic acids is 2. The number of imidazole rings is 1. The van der Waals surface area contributed by atoms with Gasteiger partial charge < -0.3 is 30.7 Å². The van der Waals surface area contributed by atoms with E-state index in [9.17, 15) is 24.3 Å². The second-order valence-electron chi connectivity index (χ2n) is 9.02. The summed E-state index contributed by atoms with van der Waals surface area (Å²) in [4.78, 5) is 64.3. The van der Waals surface area contributed by atoms with Gasteiger partial charge in [0.2, 0.25) is 12.4 Å². The zero-order valence-corrected chi connectivity index (χ0v) is 23.7. The van der Waals surface area contributed by atoms with Crippen molar-refractivity contribution in [3.05, 3.63) is 46.0 Å². The van der Waals surface area contributed by atoms with Crippen LogP contribution in [0.15, 0.2) is 41.1 Å². The van der Waals surface area contributed by atoms with Gasteiger partial charge in [-0.05, 0) is 24.0 Å². The number of nitrogens with two attached hydrogens (primary N) is 1. The molecule has 15 nitrogen and oxygen atoms in total. The predicted molar refractivity (Wildman–Crippen MR) is 147 cm³/mol. The van der Waals surface area contributed by atoms with E-state index >= 15 is 0 Å². The molecule has 0 spiro atoms. The van der Waals surface area contributed by atoms with Crippen molar-refractivity contribution in [3.63, 3.8) is 0 Å². The van der Waals surface area contributed by atoms with Gasteiger partial charge >= 0.3 is 17.6 Å². The number of hydrogen-bond donors (Lipinski definition) is 4. The Kier molecular flexibility index (Phi) is 7.58. The Morgan fingerprint density at radius 3 is 2.80 bits per heavy atom. The van der Waals surface area contributed by atoms with Crippen LogP contribution in [0.2, 0.25) is 4.34 Å². The van der Waals surface area contributed by atoms with Crippen LogP contribution in [0.3, 0.4) is 0 Å². The highest BCUT2D eigenvalue weighted by molar-refractivity contribution is 8.00. The van der Waals surface area contributed by atoms with E-state index < -0.39 is 47.0 Å². The van der Waals surface area contributed by atoms with Crippen LogP contribution >= 0.6 is 34.7 Å². The summed E-state index contributed by atoms with van der Waals surface area (Å²) in [6, 6.07) is 2.61. The summed E-state index contributed by atoms with van der Waals surface area (Å²) in [5.41, 5.74) is 6.90. The fourth-order valence-electron chi connectivity index (χ4n) is 4.33. The summed E-state index contributed by atoms with van der Waals surface area (Å²) in [7, 11) is 1.85. The van der Waals surface area contributed by atoms with Crippen LogP contribution in [0.1, 0.15) is 12.6 Å². The van der Waals surface area contributed by atoms with Crippen molar-refractivity contribution in [1.82, 2.24) is 24.8 Å². The Hall–Kier alpha value is -4.22. The molecule has 214 valence electrons. The topological polar surface area (TPSA) is 206 Å². The van der Waals surface area contributed by atoms with Crippen LogP contribution in [-0.2, 0) is 37.6 Å². The van der Waals surface area contributed by atoms with Gasteiger partial charge in [0.1, 0.15) is 39.2 Å². The number of carbonyl (C=O) groups is 4. The Balaban J connectivity index is 1.39. The van der Waals surface area contributed by atoms with Gasteiger partial charge in [0.15, 0.2) is 10.8 Å². The van der Waals surface area contributed by atoms with Gasteiger partial charge in [-0.25, -0.2) is 19.1 Å².